The molecule has 0 amide bonds. The van der Waals surface area contributed by atoms with E-state index in [0.717, 1.165) is 28.1 Å². The van der Waals surface area contributed by atoms with Gasteiger partial charge in [0.15, 0.2) is 5.76 Å². The Morgan fingerprint density at radius 3 is 2.60 bits per heavy atom. The number of nitrogens with zero attached hydrogens (tertiary/aromatic N) is 1. The third-order valence-electron chi connectivity index (χ3n) is 5.11. The quantitative estimate of drug-likeness (QED) is 0.444. The van der Waals surface area contributed by atoms with Crippen molar-refractivity contribution in [2.45, 2.75) is 6.54 Å². The zero-order valence-corrected chi connectivity index (χ0v) is 15.7. The number of hydrogen-bond acceptors (Lipinski definition) is 5. The molecular weight excluding hydrogens is 382 g/mol. The number of hydrogen-bond donors (Lipinski definition) is 3. The second-order valence-corrected chi connectivity index (χ2v) is 7.18. The van der Waals surface area contributed by atoms with Gasteiger partial charge in [-0.25, -0.2) is 0 Å². The number of para-hydroxylation sites is 1. The Labute approximate surface area is 171 Å². The minimum Gasteiger partial charge on any atom is -0.508 e. The molecule has 1 aliphatic heterocycles. The minimum atomic E-state index is -0.438. The molecule has 6 heteroatoms. The van der Waals surface area contributed by atoms with Crippen molar-refractivity contribution in [3.05, 3.63) is 89.3 Å². The summed E-state index contributed by atoms with van der Waals surface area (Å²) in [6.07, 6.45) is 3.55. The van der Waals surface area contributed by atoms with Crippen LogP contribution in [0.2, 0.25) is 0 Å². The molecule has 0 radical (unpaired) electrons. The molecule has 1 aliphatic rings. The molecule has 0 atom stereocenters. The number of phenols is 3. The van der Waals surface area contributed by atoms with Crippen LogP contribution in [0, 0.1) is 0 Å². The molecule has 0 fully saturated rings. The van der Waals surface area contributed by atoms with Gasteiger partial charge in [-0.05, 0) is 29.8 Å². The number of carbonyl (C=O) groups is 1. The van der Waals surface area contributed by atoms with Crippen LogP contribution in [0.3, 0.4) is 0 Å². The molecule has 5 rings (SSSR count). The van der Waals surface area contributed by atoms with Crippen LogP contribution in [0.25, 0.3) is 17.0 Å². The third kappa shape index (κ3) is 2.95. The number of benzene rings is 3. The summed E-state index contributed by atoms with van der Waals surface area (Å²) in [5.74, 6) is -0.518. The van der Waals surface area contributed by atoms with E-state index in [4.69, 9.17) is 4.74 Å². The average Bonchev–Trinajstić information content (AvgIpc) is 3.20. The highest BCUT2D eigenvalue weighted by atomic mass is 16.5. The molecule has 0 bridgehead atoms. The molecule has 1 aromatic heterocycles. The van der Waals surface area contributed by atoms with Crippen molar-refractivity contribution in [1.29, 1.82) is 0 Å². The zero-order valence-electron chi connectivity index (χ0n) is 15.7. The molecule has 30 heavy (non-hydrogen) atoms. The summed E-state index contributed by atoms with van der Waals surface area (Å²) in [5, 5.41) is 30.3. The molecule has 4 aromatic rings. The van der Waals surface area contributed by atoms with Crippen molar-refractivity contribution in [3.8, 4) is 23.0 Å². The topological polar surface area (TPSA) is 91.9 Å². The highest BCUT2D eigenvalue weighted by Crippen LogP contribution is 2.41. The van der Waals surface area contributed by atoms with Crippen LogP contribution in [0.4, 0.5) is 0 Å². The molecular formula is C24H17NO5. The SMILES string of the molecule is O=C1/C(=C/c2cn(Cc3cccc(O)c3)c3ccccc23)Oc2cc(O)cc(O)c21. The summed E-state index contributed by atoms with van der Waals surface area (Å²) in [7, 11) is 0. The second-order valence-electron chi connectivity index (χ2n) is 7.18. The van der Waals surface area contributed by atoms with E-state index < -0.39 is 5.78 Å². The summed E-state index contributed by atoms with van der Waals surface area (Å²) in [6.45, 7) is 0.543. The number of phenolic OH excluding ortho intramolecular Hbond substituents is 3. The number of ketones is 1. The largest absolute Gasteiger partial charge is 0.508 e. The van der Waals surface area contributed by atoms with Gasteiger partial charge in [0.25, 0.3) is 0 Å². The summed E-state index contributed by atoms with van der Waals surface area (Å²) in [4.78, 5) is 12.7. The lowest BCUT2D eigenvalue weighted by atomic mass is 10.1. The number of aromatic nitrogens is 1. The maximum absolute atomic E-state index is 12.7. The van der Waals surface area contributed by atoms with Crippen LogP contribution >= 0.6 is 0 Å². The van der Waals surface area contributed by atoms with E-state index in [2.05, 4.69) is 0 Å². The number of rotatable bonds is 3. The van der Waals surface area contributed by atoms with Gasteiger partial charge >= 0.3 is 0 Å². The fourth-order valence-electron chi connectivity index (χ4n) is 3.79. The Balaban J connectivity index is 1.57. The maximum Gasteiger partial charge on any atom is 0.235 e. The number of ether oxygens (including phenoxy) is 1. The first kappa shape index (κ1) is 17.9. The van der Waals surface area contributed by atoms with Crippen LogP contribution in [0.15, 0.2) is 72.6 Å². The van der Waals surface area contributed by atoms with Crippen molar-refractivity contribution in [2.75, 3.05) is 0 Å². The van der Waals surface area contributed by atoms with Crippen LogP contribution in [-0.2, 0) is 6.54 Å². The molecule has 0 saturated carbocycles. The molecule has 0 aliphatic carbocycles. The minimum absolute atomic E-state index is 0.0440. The van der Waals surface area contributed by atoms with Crippen LogP contribution in [-0.4, -0.2) is 25.7 Å². The molecule has 0 unspecified atom stereocenters. The van der Waals surface area contributed by atoms with E-state index in [-0.39, 0.29) is 34.3 Å². The standard InChI is InChI=1S/C24H17NO5/c26-16-5-3-4-14(8-16)12-25-13-15(18-6-1-2-7-19(18)25)9-22-24(29)23-20(28)10-17(27)11-21(23)30-22/h1-11,13,26-28H,12H2/b22-9-. The summed E-state index contributed by atoms with van der Waals surface area (Å²) in [6, 6.07) is 17.3. The number of aromatic hydroxyl groups is 3. The monoisotopic (exact) mass is 399 g/mol. The lowest BCUT2D eigenvalue weighted by Crippen LogP contribution is -1.98. The van der Waals surface area contributed by atoms with Gasteiger partial charge in [-0.15, -0.1) is 0 Å². The highest BCUT2D eigenvalue weighted by Gasteiger charge is 2.31. The summed E-state index contributed by atoms with van der Waals surface area (Å²) in [5.41, 5.74) is 2.74. The van der Waals surface area contributed by atoms with Gasteiger partial charge in [0.1, 0.15) is 28.6 Å². The average molecular weight is 399 g/mol. The normalized spacial score (nSPS) is 14.3. The first-order valence-electron chi connectivity index (χ1n) is 9.35. The highest BCUT2D eigenvalue weighted by molar-refractivity contribution is 6.16. The molecule has 3 aromatic carbocycles. The summed E-state index contributed by atoms with van der Waals surface area (Å²) < 4.78 is 7.66. The Hall–Kier alpha value is -4.19. The van der Waals surface area contributed by atoms with E-state index in [0.29, 0.717) is 6.54 Å². The van der Waals surface area contributed by atoms with Crippen molar-refractivity contribution in [3.63, 3.8) is 0 Å². The lowest BCUT2D eigenvalue weighted by molar-refractivity contribution is 0.101. The second kappa shape index (κ2) is 6.70. The molecule has 0 spiro atoms. The number of carbonyl (C=O) groups excluding carboxylic acids is 1. The van der Waals surface area contributed by atoms with Crippen molar-refractivity contribution >= 4 is 22.8 Å². The number of allylic oxidation sites excluding steroid dienone is 1. The van der Waals surface area contributed by atoms with Crippen molar-refractivity contribution in [2.24, 2.45) is 0 Å². The predicted octanol–water partition coefficient (Wildman–Crippen LogP) is 4.42. The van der Waals surface area contributed by atoms with Gasteiger partial charge in [-0.2, -0.15) is 0 Å². The lowest BCUT2D eigenvalue weighted by Gasteiger charge is -2.06. The Morgan fingerprint density at radius 2 is 1.77 bits per heavy atom. The first-order chi connectivity index (χ1) is 14.5. The van der Waals surface area contributed by atoms with Gasteiger partial charge in [0, 0.05) is 41.3 Å². The molecule has 0 saturated heterocycles. The van der Waals surface area contributed by atoms with Crippen molar-refractivity contribution < 1.29 is 24.9 Å². The first-order valence-corrected chi connectivity index (χ1v) is 9.35. The van der Waals surface area contributed by atoms with Crippen LogP contribution < -0.4 is 4.74 Å². The van der Waals surface area contributed by atoms with Gasteiger partial charge in [0.05, 0.1) is 0 Å². The fourth-order valence-corrected chi connectivity index (χ4v) is 3.79. The third-order valence-corrected chi connectivity index (χ3v) is 5.11. The maximum atomic E-state index is 12.7. The number of fused-ring (bicyclic) bond motifs is 2. The van der Waals surface area contributed by atoms with Gasteiger partial charge in [-0.3, -0.25) is 4.79 Å². The van der Waals surface area contributed by atoms with Crippen molar-refractivity contribution in [1.82, 2.24) is 4.57 Å². The van der Waals surface area contributed by atoms with E-state index >= 15 is 0 Å². The fraction of sp³-hybridized carbons (Fsp3) is 0.0417. The van der Waals surface area contributed by atoms with Gasteiger partial charge in [0.2, 0.25) is 5.78 Å². The van der Waals surface area contributed by atoms with Gasteiger partial charge in [-0.1, -0.05) is 30.3 Å². The Kier molecular flexibility index (Phi) is 3.99. The van der Waals surface area contributed by atoms with Gasteiger partial charge < -0.3 is 24.6 Å². The van der Waals surface area contributed by atoms with E-state index in [1.54, 1.807) is 24.3 Å². The molecule has 148 valence electrons. The molecule has 6 nitrogen and oxygen atoms in total. The summed E-state index contributed by atoms with van der Waals surface area (Å²) >= 11 is 0. The van der Waals surface area contributed by atoms with E-state index in [9.17, 15) is 20.1 Å². The number of Topliss-reactive ketones (excluding diaryl/α,β-unsaturated/α-hetero) is 1. The van der Waals surface area contributed by atoms with Crippen LogP contribution in [0.5, 0.6) is 23.0 Å². The smallest absolute Gasteiger partial charge is 0.235 e. The molecule has 2 heterocycles. The Morgan fingerprint density at radius 1 is 0.933 bits per heavy atom. The van der Waals surface area contributed by atoms with E-state index in [1.807, 2.05) is 41.1 Å². The van der Waals surface area contributed by atoms with Crippen LogP contribution in [0.1, 0.15) is 21.5 Å². The van der Waals surface area contributed by atoms with E-state index in [1.165, 1.54) is 6.07 Å². The predicted molar refractivity (Wildman–Crippen MR) is 112 cm³/mol. The molecule has 3 N–H and O–H groups in total. The zero-order chi connectivity index (χ0) is 20.8. The Bertz CT molecular complexity index is 1350.